The summed E-state index contributed by atoms with van der Waals surface area (Å²) in [5.41, 5.74) is 3.59. The number of rotatable bonds is 11. The van der Waals surface area contributed by atoms with Crippen LogP contribution in [0, 0.1) is 5.92 Å². The first-order valence-corrected chi connectivity index (χ1v) is 15.1. The van der Waals surface area contributed by atoms with Gasteiger partial charge in [-0.2, -0.15) is 13.4 Å². The van der Waals surface area contributed by atoms with E-state index in [9.17, 15) is 18.0 Å². The molecule has 0 radical (unpaired) electrons. The summed E-state index contributed by atoms with van der Waals surface area (Å²) >= 11 is 1.33. The molecule has 2 N–H and O–H groups in total. The summed E-state index contributed by atoms with van der Waals surface area (Å²) in [7, 11) is -2.77. The Labute approximate surface area is 268 Å². The van der Waals surface area contributed by atoms with Gasteiger partial charge in [0.1, 0.15) is 16.5 Å². The number of thiophene rings is 1. The van der Waals surface area contributed by atoms with Gasteiger partial charge in [0.05, 0.1) is 7.11 Å². The minimum atomic E-state index is -4.25. The number of amides is 1. The smallest absolute Gasteiger partial charge is 1.00 e. The third-order valence-corrected chi connectivity index (χ3v) is 8.41. The van der Waals surface area contributed by atoms with E-state index in [1.54, 1.807) is 6.92 Å². The number of nitrogens with one attached hydrogen (secondary N) is 2. The Kier molecular flexibility index (Phi) is 11.3. The molecule has 0 unspecified atom stereocenters. The van der Waals surface area contributed by atoms with Crippen LogP contribution in [-0.2, 0) is 23.0 Å². The molecule has 12 heteroatoms. The average molecular weight is 605 g/mol. The van der Waals surface area contributed by atoms with E-state index < -0.39 is 15.3 Å². The van der Waals surface area contributed by atoms with Crippen LogP contribution >= 0.6 is 11.3 Å². The van der Waals surface area contributed by atoms with Gasteiger partial charge in [-0.05, 0) is 36.5 Å². The van der Waals surface area contributed by atoms with Crippen LogP contribution in [0.15, 0.2) is 60.7 Å². The molecule has 2 heterocycles. The number of benzene rings is 2. The van der Waals surface area contributed by atoms with Crippen molar-refractivity contribution in [1.29, 1.82) is 0 Å². The molecule has 0 saturated carbocycles. The summed E-state index contributed by atoms with van der Waals surface area (Å²) in [5.74, 6) is 1.24. The van der Waals surface area contributed by atoms with Crippen LogP contribution in [0.1, 0.15) is 43.1 Å². The van der Waals surface area contributed by atoms with Gasteiger partial charge < -0.3 is 16.0 Å². The number of methoxy groups -OCH3 is 1. The molecule has 4 aromatic rings. The van der Waals surface area contributed by atoms with Crippen molar-refractivity contribution in [2.24, 2.45) is 5.92 Å². The number of aromatic nitrogens is 2. The maximum atomic E-state index is 12.6. The number of carbonyl (C=O) groups is 2. The first-order valence-electron chi connectivity index (χ1n) is 12.8. The topological polar surface area (TPSA) is 119 Å². The zero-order chi connectivity index (χ0) is 28.9. The van der Waals surface area contributed by atoms with Gasteiger partial charge in [0, 0.05) is 29.1 Å². The molecule has 0 atom stereocenters. The molecule has 0 saturated heterocycles. The van der Waals surface area contributed by atoms with Crippen LogP contribution < -0.4 is 44.3 Å². The first kappa shape index (κ1) is 32.6. The van der Waals surface area contributed by atoms with Gasteiger partial charge in [-0.3, -0.25) is 14.3 Å². The molecule has 4 rings (SSSR count). The fraction of sp³-hybridized carbons (Fsp3) is 0.276. The van der Waals surface area contributed by atoms with E-state index >= 15 is 0 Å². The predicted octanol–water partition coefficient (Wildman–Crippen LogP) is 2.93. The van der Waals surface area contributed by atoms with Crippen molar-refractivity contribution in [2.45, 2.75) is 33.7 Å². The number of anilines is 1. The predicted molar refractivity (Wildman–Crippen MR) is 160 cm³/mol. The molecule has 0 spiro atoms. The Bertz CT molecular complexity index is 1600. The summed E-state index contributed by atoms with van der Waals surface area (Å²) in [5, 5.41) is 1.67. The zero-order valence-electron chi connectivity index (χ0n) is 24.8. The summed E-state index contributed by atoms with van der Waals surface area (Å²) in [6.07, 6.45) is 1.51. The van der Waals surface area contributed by atoms with E-state index in [1.807, 2.05) is 65.2 Å². The molecule has 0 aliphatic carbocycles. The molecule has 1 amide bonds. The molecule has 0 fully saturated rings. The number of nitrogens with zero attached hydrogens (tertiary/aromatic N) is 2. The Morgan fingerprint density at radius 1 is 1.12 bits per heavy atom. The van der Waals surface area contributed by atoms with Crippen LogP contribution in [0.4, 0.5) is 9.80 Å². The van der Waals surface area contributed by atoms with Gasteiger partial charge in [0.15, 0.2) is 6.29 Å². The number of hydrogen-bond donors (Lipinski definition) is 2. The Balaban J connectivity index is 0.00000308. The molecule has 0 bridgehead atoms. The van der Waals surface area contributed by atoms with E-state index in [-0.39, 0.29) is 43.4 Å². The number of imidazole rings is 1. The van der Waals surface area contributed by atoms with Crippen LogP contribution in [-0.4, -0.2) is 43.1 Å². The molecule has 212 valence electrons. The van der Waals surface area contributed by atoms with Crippen LogP contribution in [0.5, 0.6) is 5.88 Å². The van der Waals surface area contributed by atoms with E-state index in [0.717, 1.165) is 34.3 Å². The second-order valence-corrected chi connectivity index (χ2v) is 12.3. The van der Waals surface area contributed by atoms with Gasteiger partial charge >= 0.3 is 44.8 Å². The number of sulfonamides is 1. The molecule has 2 aromatic heterocycles. The van der Waals surface area contributed by atoms with Gasteiger partial charge in [0.2, 0.25) is 5.88 Å². The summed E-state index contributed by atoms with van der Waals surface area (Å²) in [4.78, 5) is 29.7. The number of carbonyl (C=O) groups excluding carboxylic acids is 2. The van der Waals surface area contributed by atoms with Crippen molar-refractivity contribution >= 4 is 37.9 Å². The number of ether oxygens (including phenoxy) is 1. The monoisotopic (exact) mass is 604 g/mol. The fourth-order valence-corrected chi connectivity index (χ4v) is 6.71. The minimum Gasteiger partial charge on any atom is -1.00 e. The average Bonchev–Trinajstić information content (AvgIpc) is 3.49. The normalized spacial score (nSPS) is 11.1. The second-order valence-electron chi connectivity index (χ2n) is 9.57. The Morgan fingerprint density at radius 2 is 1.80 bits per heavy atom. The molecule has 0 aliphatic rings. The van der Waals surface area contributed by atoms with Crippen molar-refractivity contribution in [3.05, 3.63) is 76.8 Å². The molecular weight excluding hydrogens is 571 g/mol. The van der Waals surface area contributed by atoms with Crippen molar-refractivity contribution in [3.8, 4) is 28.4 Å². The van der Waals surface area contributed by atoms with Crippen molar-refractivity contribution in [1.82, 2.24) is 14.9 Å². The largest absolute Gasteiger partial charge is 1.00 e. The fourth-order valence-electron chi connectivity index (χ4n) is 4.29. The van der Waals surface area contributed by atoms with Crippen LogP contribution in [0.3, 0.4) is 0 Å². The Hall–Kier alpha value is -2.96. The molecular formula is C29H33N4NaO5S2. The maximum absolute atomic E-state index is 12.6. The van der Waals surface area contributed by atoms with Crippen molar-refractivity contribution in [2.75, 3.05) is 18.4 Å². The minimum absolute atomic E-state index is 0. The molecule has 9 nitrogen and oxygen atoms in total. The third-order valence-electron chi connectivity index (χ3n) is 6.10. The summed E-state index contributed by atoms with van der Waals surface area (Å²) in [6.45, 7) is 6.42. The van der Waals surface area contributed by atoms with E-state index in [0.29, 0.717) is 34.5 Å². The number of aldehydes is 1. The van der Waals surface area contributed by atoms with Gasteiger partial charge in [-0.15, -0.1) is 11.3 Å². The second kappa shape index (κ2) is 14.3. The summed E-state index contributed by atoms with van der Waals surface area (Å²) < 4.78 is 34.9. The number of hydrogen-bond acceptors (Lipinski definition) is 7. The van der Waals surface area contributed by atoms with Gasteiger partial charge in [0.25, 0.3) is 0 Å². The standard InChI is InChI=1S/C29H32N4O5S2.Na.H/c1-5-30-29(35)40(36,37)32-28-24(16-23(39-28)15-19(2)3)21-13-11-20(12-14-21)17-33-25(18-34)27(38-4)31-26(33)22-9-7-6-8-10-22;;/h6-14,16,18-19,32H,5,15,17H2,1-4H3,(H,30,35);;/q;+1;-1. The first-order chi connectivity index (χ1) is 19.2. The SMILES string of the molecule is CCNC(=O)S(=O)(=O)Nc1sc(CC(C)C)cc1-c1ccc(Cn2c(-c3ccccc3)nc(OC)c2C=O)cc1.[H-].[Na+]. The third kappa shape index (κ3) is 7.66. The molecule has 0 aliphatic heterocycles. The van der Waals surface area contributed by atoms with Crippen LogP contribution in [0.25, 0.3) is 22.5 Å². The quantitative estimate of drug-likeness (QED) is 0.201. The molecule has 2 aromatic carbocycles. The van der Waals surface area contributed by atoms with E-state index in [1.165, 1.54) is 18.4 Å². The van der Waals surface area contributed by atoms with E-state index in [2.05, 4.69) is 28.9 Å². The van der Waals surface area contributed by atoms with Gasteiger partial charge in [-0.1, -0.05) is 68.4 Å². The van der Waals surface area contributed by atoms with Gasteiger partial charge in [-0.25, -0.2) is 0 Å². The van der Waals surface area contributed by atoms with E-state index in [4.69, 9.17) is 4.74 Å². The Morgan fingerprint density at radius 3 is 2.39 bits per heavy atom. The maximum Gasteiger partial charge on any atom is 1.00 e. The van der Waals surface area contributed by atoms with Crippen molar-refractivity contribution in [3.63, 3.8) is 0 Å². The summed E-state index contributed by atoms with van der Waals surface area (Å²) in [6, 6.07) is 19.2. The van der Waals surface area contributed by atoms with Crippen molar-refractivity contribution < 1.29 is 53.7 Å². The zero-order valence-corrected chi connectivity index (χ0v) is 27.4. The van der Waals surface area contributed by atoms with Crippen LogP contribution in [0.2, 0.25) is 0 Å². The molecule has 41 heavy (non-hydrogen) atoms.